The molecule has 0 atom stereocenters. The molecule has 0 bridgehead atoms. The van der Waals surface area contributed by atoms with Crippen molar-refractivity contribution in [2.75, 3.05) is 0 Å². The summed E-state index contributed by atoms with van der Waals surface area (Å²) in [5, 5.41) is 3.63. The Hall–Kier alpha value is -3.02. The standard InChI is InChI=1S/C27H23BrN2OSi/c1-32(2,3)21-13-14-29-26(17-21)30-24-10-5-4-9-22(24)23-12-11-19(16-25(23)30)27(31)18-7-6-8-20(28)15-18/h4-17H,1-3H3. The van der Waals surface area contributed by atoms with Crippen LogP contribution in [0.3, 0.4) is 0 Å². The van der Waals surface area contributed by atoms with Crippen LogP contribution in [-0.4, -0.2) is 23.4 Å². The van der Waals surface area contributed by atoms with Gasteiger partial charge in [-0.2, -0.15) is 0 Å². The molecule has 5 rings (SSSR count). The fourth-order valence-corrected chi connectivity index (χ4v) is 5.70. The van der Waals surface area contributed by atoms with Gasteiger partial charge in [-0.05, 0) is 36.4 Å². The molecule has 0 spiro atoms. The molecule has 0 saturated carbocycles. The van der Waals surface area contributed by atoms with Crippen molar-refractivity contribution in [3.63, 3.8) is 0 Å². The first kappa shape index (κ1) is 20.9. The number of hydrogen-bond donors (Lipinski definition) is 0. The highest BCUT2D eigenvalue weighted by molar-refractivity contribution is 9.10. The van der Waals surface area contributed by atoms with Crippen molar-refractivity contribution in [2.45, 2.75) is 19.6 Å². The number of benzene rings is 3. The van der Waals surface area contributed by atoms with E-state index in [0.717, 1.165) is 32.1 Å². The molecule has 5 heteroatoms. The molecule has 0 N–H and O–H groups in total. The number of aromatic nitrogens is 2. The van der Waals surface area contributed by atoms with E-state index in [4.69, 9.17) is 4.98 Å². The van der Waals surface area contributed by atoms with Crippen molar-refractivity contribution < 1.29 is 4.79 Å². The van der Waals surface area contributed by atoms with Gasteiger partial charge in [-0.1, -0.05) is 83.2 Å². The average molecular weight is 499 g/mol. The fraction of sp³-hybridized carbons (Fsp3) is 0.111. The van der Waals surface area contributed by atoms with Crippen LogP contribution >= 0.6 is 15.9 Å². The Kier molecular flexibility index (Phi) is 5.11. The van der Waals surface area contributed by atoms with E-state index in [1.807, 2.05) is 48.7 Å². The number of pyridine rings is 1. The Morgan fingerprint density at radius 3 is 2.34 bits per heavy atom. The van der Waals surface area contributed by atoms with Gasteiger partial charge < -0.3 is 0 Å². The SMILES string of the molecule is C[Si](C)(C)c1ccnc(-n2c3ccccc3c3ccc(C(=O)c4cccc(Br)c4)cc32)c1. The minimum atomic E-state index is -1.50. The molecule has 0 amide bonds. The largest absolute Gasteiger partial charge is 0.294 e. The minimum Gasteiger partial charge on any atom is -0.294 e. The lowest BCUT2D eigenvalue weighted by molar-refractivity contribution is 0.103. The third-order valence-corrected chi connectivity index (χ3v) is 8.40. The molecule has 5 aromatic rings. The first-order valence-corrected chi connectivity index (χ1v) is 14.9. The van der Waals surface area contributed by atoms with Gasteiger partial charge in [0.25, 0.3) is 0 Å². The highest BCUT2D eigenvalue weighted by Gasteiger charge is 2.20. The molecule has 158 valence electrons. The third-order valence-electron chi connectivity index (χ3n) is 5.86. The van der Waals surface area contributed by atoms with Gasteiger partial charge in [0.2, 0.25) is 0 Å². The van der Waals surface area contributed by atoms with E-state index in [0.29, 0.717) is 11.1 Å². The Bertz CT molecular complexity index is 1500. The fourth-order valence-electron chi connectivity index (χ4n) is 4.16. The van der Waals surface area contributed by atoms with Gasteiger partial charge in [-0.25, -0.2) is 4.98 Å². The van der Waals surface area contributed by atoms with Gasteiger partial charge in [0.1, 0.15) is 5.82 Å². The molecule has 0 radical (unpaired) electrons. The molecular formula is C27H23BrN2OSi. The van der Waals surface area contributed by atoms with Crippen LogP contribution in [0, 0.1) is 0 Å². The Morgan fingerprint density at radius 1 is 0.812 bits per heavy atom. The predicted octanol–water partition coefficient (Wildman–Crippen LogP) is 6.72. The van der Waals surface area contributed by atoms with Crippen molar-refractivity contribution in [1.82, 2.24) is 9.55 Å². The lowest BCUT2D eigenvalue weighted by Crippen LogP contribution is -2.37. The van der Waals surface area contributed by atoms with Crippen molar-refractivity contribution in [3.05, 3.63) is 101 Å². The van der Waals surface area contributed by atoms with Crippen molar-refractivity contribution in [1.29, 1.82) is 0 Å². The number of hydrogen-bond acceptors (Lipinski definition) is 2. The van der Waals surface area contributed by atoms with E-state index >= 15 is 0 Å². The summed E-state index contributed by atoms with van der Waals surface area (Å²) in [6, 6.07) is 26.2. The number of fused-ring (bicyclic) bond motifs is 3. The van der Waals surface area contributed by atoms with Gasteiger partial charge in [-0.15, -0.1) is 0 Å². The van der Waals surface area contributed by atoms with Crippen LogP contribution in [-0.2, 0) is 0 Å². The number of para-hydroxylation sites is 1. The summed E-state index contributed by atoms with van der Waals surface area (Å²) in [6.07, 6.45) is 1.90. The normalized spacial score (nSPS) is 11.9. The van der Waals surface area contributed by atoms with Crippen LogP contribution in [0.5, 0.6) is 0 Å². The highest BCUT2D eigenvalue weighted by atomic mass is 79.9. The maximum absolute atomic E-state index is 13.3. The van der Waals surface area contributed by atoms with E-state index in [2.05, 4.69) is 76.5 Å². The van der Waals surface area contributed by atoms with Crippen LogP contribution in [0.4, 0.5) is 0 Å². The molecule has 3 aromatic carbocycles. The second kappa shape index (κ2) is 7.83. The van der Waals surface area contributed by atoms with E-state index in [-0.39, 0.29) is 5.78 Å². The molecule has 0 saturated heterocycles. The van der Waals surface area contributed by atoms with Gasteiger partial charge in [0.05, 0.1) is 19.1 Å². The lowest BCUT2D eigenvalue weighted by atomic mass is 10.0. The molecule has 2 aromatic heterocycles. The average Bonchev–Trinajstić information content (AvgIpc) is 3.12. The zero-order valence-electron chi connectivity index (χ0n) is 18.3. The molecule has 0 fully saturated rings. The highest BCUT2D eigenvalue weighted by Crippen LogP contribution is 2.32. The zero-order chi connectivity index (χ0) is 22.5. The molecule has 0 aliphatic carbocycles. The maximum Gasteiger partial charge on any atom is 0.193 e. The van der Waals surface area contributed by atoms with Gasteiger partial charge >= 0.3 is 0 Å². The van der Waals surface area contributed by atoms with Crippen LogP contribution in [0.15, 0.2) is 89.5 Å². The lowest BCUT2D eigenvalue weighted by Gasteiger charge is -2.18. The molecule has 0 unspecified atom stereocenters. The molecule has 3 nitrogen and oxygen atoms in total. The Labute approximate surface area is 196 Å². The van der Waals surface area contributed by atoms with Gasteiger partial charge in [-0.3, -0.25) is 9.36 Å². The van der Waals surface area contributed by atoms with Crippen LogP contribution in [0.2, 0.25) is 19.6 Å². The summed E-state index contributed by atoms with van der Waals surface area (Å²) in [4.78, 5) is 18.0. The monoisotopic (exact) mass is 498 g/mol. The van der Waals surface area contributed by atoms with E-state index in [1.165, 1.54) is 5.19 Å². The quantitative estimate of drug-likeness (QED) is 0.203. The Balaban J connectivity index is 1.76. The number of carbonyl (C=O) groups excluding carboxylic acids is 1. The molecule has 2 heterocycles. The summed E-state index contributed by atoms with van der Waals surface area (Å²) < 4.78 is 3.08. The molecule has 0 aliphatic rings. The summed E-state index contributed by atoms with van der Waals surface area (Å²) in [5.41, 5.74) is 3.42. The van der Waals surface area contributed by atoms with Crippen molar-refractivity contribution in [3.8, 4) is 5.82 Å². The van der Waals surface area contributed by atoms with Crippen molar-refractivity contribution >= 4 is 56.8 Å². The van der Waals surface area contributed by atoms with E-state index < -0.39 is 8.07 Å². The molecular weight excluding hydrogens is 476 g/mol. The van der Waals surface area contributed by atoms with Crippen LogP contribution < -0.4 is 5.19 Å². The number of halogens is 1. The van der Waals surface area contributed by atoms with Gasteiger partial charge in [0, 0.05) is 32.6 Å². The second-order valence-corrected chi connectivity index (χ2v) is 15.1. The molecule has 32 heavy (non-hydrogen) atoms. The summed E-state index contributed by atoms with van der Waals surface area (Å²) in [6.45, 7) is 7.02. The predicted molar refractivity (Wildman–Crippen MR) is 139 cm³/mol. The Morgan fingerprint density at radius 2 is 1.56 bits per heavy atom. The minimum absolute atomic E-state index is 0.00816. The summed E-state index contributed by atoms with van der Waals surface area (Å²) in [5.74, 6) is 0.900. The third kappa shape index (κ3) is 3.61. The number of ketones is 1. The first-order chi connectivity index (χ1) is 15.3. The summed E-state index contributed by atoms with van der Waals surface area (Å²) in [7, 11) is -1.50. The van der Waals surface area contributed by atoms with Gasteiger partial charge in [0.15, 0.2) is 5.78 Å². The van der Waals surface area contributed by atoms with E-state index in [1.54, 1.807) is 0 Å². The maximum atomic E-state index is 13.3. The van der Waals surface area contributed by atoms with E-state index in [9.17, 15) is 4.79 Å². The van der Waals surface area contributed by atoms with Crippen LogP contribution in [0.25, 0.3) is 27.6 Å². The number of carbonyl (C=O) groups is 1. The second-order valence-electron chi connectivity index (χ2n) is 9.08. The zero-order valence-corrected chi connectivity index (χ0v) is 20.8. The molecule has 0 aliphatic heterocycles. The number of nitrogens with zero attached hydrogens (tertiary/aromatic N) is 2. The van der Waals surface area contributed by atoms with Crippen molar-refractivity contribution in [2.24, 2.45) is 0 Å². The topological polar surface area (TPSA) is 34.9 Å². The smallest absolute Gasteiger partial charge is 0.193 e. The first-order valence-electron chi connectivity index (χ1n) is 10.6. The van der Waals surface area contributed by atoms with Crippen LogP contribution in [0.1, 0.15) is 15.9 Å². The summed E-state index contributed by atoms with van der Waals surface area (Å²) >= 11 is 3.47. The number of rotatable bonds is 4.